The van der Waals surface area contributed by atoms with Gasteiger partial charge in [-0.25, -0.2) is 14.8 Å². The summed E-state index contributed by atoms with van der Waals surface area (Å²) in [4.78, 5) is 22.5. The average molecular weight is 286 g/mol. The highest BCUT2D eigenvalue weighted by molar-refractivity contribution is 5.74. The maximum Gasteiger partial charge on any atom is 0.318 e. The molecule has 1 aliphatic rings. The van der Waals surface area contributed by atoms with Gasteiger partial charge in [0, 0.05) is 12.7 Å². The molecule has 0 spiro atoms. The van der Waals surface area contributed by atoms with E-state index in [9.17, 15) is 4.79 Å². The van der Waals surface area contributed by atoms with E-state index in [2.05, 4.69) is 15.3 Å². The molecule has 1 unspecified atom stereocenters. The highest BCUT2D eigenvalue weighted by Crippen LogP contribution is 2.31. The van der Waals surface area contributed by atoms with Crippen LogP contribution in [0.2, 0.25) is 0 Å². The first kappa shape index (κ1) is 13.6. The zero-order valence-electron chi connectivity index (χ0n) is 12.0. The Labute approximate surface area is 123 Å². The summed E-state index contributed by atoms with van der Waals surface area (Å²) in [5, 5.41) is 2.92. The Bertz CT molecular complexity index is 612. The third-order valence-electron chi connectivity index (χ3n) is 3.64. The molecule has 3 rings (SSSR count). The number of amides is 2. The fourth-order valence-corrected chi connectivity index (χ4v) is 2.66. The van der Waals surface area contributed by atoms with Gasteiger partial charge < -0.3 is 14.6 Å². The molecular weight excluding hydrogens is 268 g/mol. The summed E-state index contributed by atoms with van der Waals surface area (Å²) < 4.78 is 5.43. The summed E-state index contributed by atoms with van der Waals surface area (Å²) in [6.07, 6.45) is 5.28. The molecule has 2 aromatic rings. The molecule has 0 aliphatic carbocycles. The Morgan fingerprint density at radius 3 is 3.19 bits per heavy atom. The van der Waals surface area contributed by atoms with Gasteiger partial charge >= 0.3 is 6.03 Å². The summed E-state index contributed by atoms with van der Waals surface area (Å²) in [6, 6.07) is 5.54. The van der Waals surface area contributed by atoms with Crippen LogP contribution in [-0.2, 0) is 6.54 Å². The summed E-state index contributed by atoms with van der Waals surface area (Å²) in [6.45, 7) is 2.99. The number of likely N-dealkylation sites (tertiary alicyclic amines) is 1. The van der Waals surface area contributed by atoms with Crippen molar-refractivity contribution in [1.82, 2.24) is 20.2 Å². The first-order valence-electron chi connectivity index (χ1n) is 7.10. The molecule has 0 saturated carbocycles. The van der Waals surface area contributed by atoms with Gasteiger partial charge in [0.25, 0.3) is 0 Å². The summed E-state index contributed by atoms with van der Waals surface area (Å²) in [5.74, 6) is 1.55. The van der Waals surface area contributed by atoms with Crippen molar-refractivity contribution in [3.05, 3.63) is 47.9 Å². The first-order chi connectivity index (χ1) is 10.2. The van der Waals surface area contributed by atoms with Gasteiger partial charge in [-0.15, -0.1) is 0 Å². The Morgan fingerprint density at radius 2 is 2.43 bits per heavy atom. The molecule has 0 aromatic carbocycles. The number of aryl methyl sites for hydroxylation is 1. The smallest absolute Gasteiger partial charge is 0.318 e. The number of urea groups is 1. The van der Waals surface area contributed by atoms with Crippen LogP contribution in [0.15, 0.2) is 35.1 Å². The van der Waals surface area contributed by atoms with E-state index in [1.165, 1.54) is 0 Å². The van der Waals surface area contributed by atoms with Gasteiger partial charge in [-0.3, -0.25) is 0 Å². The number of hydrogen-bond acceptors (Lipinski definition) is 4. The quantitative estimate of drug-likeness (QED) is 0.940. The SMILES string of the molecule is Cc1nccc(CNC(=O)N2CCCC2c2ccco2)n1. The molecule has 1 atom stereocenters. The van der Waals surface area contributed by atoms with Gasteiger partial charge in [0.2, 0.25) is 0 Å². The fraction of sp³-hybridized carbons (Fsp3) is 0.400. The molecule has 2 amide bonds. The number of carbonyl (C=O) groups is 1. The number of hydrogen-bond donors (Lipinski definition) is 1. The minimum atomic E-state index is -0.0786. The van der Waals surface area contributed by atoms with E-state index in [0.29, 0.717) is 12.4 Å². The predicted molar refractivity (Wildman–Crippen MR) is 76.4 cm³/mol. The number of nitrogens with one attached hydrogen (secondary N) is 1. The van der Waals surface area contributed by atoms with E-state index >= 15 is 0 Å². The van der Waals surface area contributed by atoms with Crippen molar-refractivity contribution >= 4 is 6.03 Å². The molecule has 1 fully saturated rings. The van der Waals surface area contributed by atoms with Crippen molar-refractivity contribution in [1.29, 1.82) is 0 Å². The second-order valence-corrected chi connectivity index (χ2v) is 5.12. The molecule has 6 heteroatoms. The van der Waals surface area contributed by atoms with Crippen LogP contribution in [0.3, 0.4) is 0 Å². The maximum absolute atomic E-state index is 12.3. The van der Waals surface area contributed by atoms with Crippen LogP contribution in [-0.4, -0.2) is 27.4 Å². The van der Waals surface area contributed by atoms with Crippen LogP contribution in [0.25, 0.3) is 0 Å². The number of carbonyl (C=O) groups excluding carboxylic acids is 1. The molecule has 2 aromatic heterocycles. The van der Waals surface area contributed by atoms with Crippen molar-refractivity contribution in [3.63, 3.8) is 0 Å². The molecule has 3 heterocycles. The highest BCUT2D eigenvalue weighted by atomic mass is 16.3. The number of rotatable bonds is 3. The van der Waals surface area contributed by atoms with Gasteiger partial charge in [0.1, 0.15) is 11.6 Å². The number of aromatic nitrogens is 2. The van der Waals surface area contributed by atoms with Gasteiger partial charge in [-0.1, -0.05) is 0 Å². The van der Waals surface area contributed by atoms with Crippen LogP contribution >= 0.6 is 0 Å². The predicted octanol–water partition coefficient (Wildman–Crippen LogP) is 2.42. The molecular formula is C15H18N4O2. The van der Waals surface area contributed by atoms with E-state index in [4.69, 9.17) is 4.42 Å². The van der Waals surface area contributed by atoms with Crippen LogP contribution < -0.4 is 5.32 Å². The summed E-state index contributed by atoms with van der Waals surface area (Å²) >= 11 is 0. The molecule has 0 radical (unpaired) electrons. The van der Waals surface area contributed by atoms with E-state index < -0.39 is 0 Å². The lowest BCUT2D eigenvalue weighted by Gasteiger charge is -2.23. The number of nitrogens with zero attached hydrogens (tertiary/aromatic N) is 3. The van der Waals surface area contributed by atoms with Gasteiger partial charge in [-0.2, -0.15) is 0 Å². The lowest BCUT2D eigenvalue weighted by molar-refractivity contribution is 0.185. The Morgan fingerprint density at radius 1 is 1.52 bits per heavy atom. The minimum absolute atomic E-state index is 0.0344. The van der Waals surface area contributed by atoms with Crippen molar-refractivity contribution in [2.75, 3.05) is 6.54 Å². The topological polar surface area (TPSA) is 71.3 Å². The third kappa shape index (κ3) is 3.04. The van der Waals surface area contributed by atoms with E-state index in [1.54, 1.807) is 18.5 Å². The molecule has 1 aliphatic heterocycles. The first-order valence-corrected chi connectivity index (χ1v) is 7.10. The maximum atomic E-state index is 12.3. The Hall–Kier alpha value is -2.37. The normalized spacial score (nSPS) is 18.0. The van der Waals surface area contributed by atoms with Crippen molar-refractivity contribution in [2.45, 2.75) is 32.4 Å². The third-order valence-corrected chi connectivity index (χ3v) is 3.64. The minimum Gasteiger partial charge on any atom is -0.467 e. The van der Waals surface area contributed by atoms with E-state index in [0.717, 1.165) is 30.8 Å². The molecule has 1 N–H and O–H groups in total. The van der Waals surface area contributed by atoms with E-state index in [1.807, 2.05) is 24.0 Å². The van der Waals surface area contributed by atoms with E-state index in [-0.39, 0.29) is 12.1 Å². The fourth-order valence-electron chi connectivity index (χ4n) is 2.66. The Balaban J connectivity index is 1.62. The monoisotopic (exact) mass is 286 g/mol. The highest BCUT2D eigenvalue weighted by Gasteiger charge is 2.31. The number of furan rings is 1. The van der Waals surface area contributed by atoms with Crippen molar-refractivity contribution in [3.8, 4) is 0 Å². The second kappa shape index (κ2) is 5.95. The van der Waals surface area contributed by atoms with Gasteiger partial charge in [0.15, 0.2) is 0 Å². The van der Waals surface area contributed by atoms with Crippen LogP contribution in [0.1, 0.15) is 36.2 Å². The lowest BCUT2D eigenvalue weighted by atomic mass is 10.2. The van der Waals surface area contributed by atoms with Crippen LogP contribution in [0, 0.1) is 6.92 Å². The average Bonchev–Trinajstić information content (AvgIpc) is 3.14. The zero-order valence-corrected chi connectivity index (χ0v) is 12.0. The van der Waals surface area contributed by atoms with Gasteiger partial charge in [-0.05, 0) is 38.0 Å². The molecule has 1 saturated heterocycles. The lowest BCUT2D eigenvalue weighted by Crippen LogP contribution is -2.39. The molecule has 110 valence electrons. The largest absolute Gasteiger partial charge is 0.467 e. The van der Waals surface area contributed by atoms with Crippen molar-refractivity contribution < 1.29 is 9.21 Å². The summed E-state index contributed by atoms with van der Waals surface area (Å²) in [5.41, 5.74) is 0.810. The van der Waals surface area contributed by atoms with Crippen molar-refractivity contribution in [2.24, 2.45) is 0 Å². The zero-order chi connectivity index (χ0) is 14.7. The van der Waals surface area contributed by atoms with Gasteiger partial charge in [0.05, 0.1) is 24.5 Å². The molecule has 6 nitrogen and oxygen atoms in total. The standard InChI is InChI=1S/C15H18N4O2/c1-11-16-7-6-12(18-11)10-17-15(20)19-8-2-4-13(19)14-5-3-9-21-14/h3,5-7,9,13H,2,4,8,10H2,1H3,(H,17,20). The van der Waals surface area contributed by atoms with Crippen LogP contribution in [0.4, 0.5) is 4.79 Å². The molecule has 0 bridgehead atoms. The summed E-state index contributed by atoms with van der Waals surface area (Å²) in [7, 11) is 0. The second-order valence-electron chi connectivity index (χ2n) is 5.12. The van der Waals surface area contributed by atoms with Crippen LogP contribution in [0.5, 0.6) is 0 Å². The Kier molecular flexibility index (Phi) is 3.85. The molecule has 21 heavy (non-hydrogen) atoms.